The minimum absolute atomic E-state index is 0.0372. The topological polar surface area (TPSA) is 64.7 Å². The van der Waals surface area contributed by atoms with Crippen molar-refractivity contribution in [2.45, 2.75) is 45.6 Å². The van der Waals surface area contributed by atoms with Crippen LogP contribution in [0.1, 0.15) is 38.2 Å². The molecule has 0 saturated carbocycles. The summed E-state index contributed by atoms with van der Waals surface area (Å²) in [4.78, 5) is 28.5. The lowest BCUT2D eigenvalue weighted by Crippen LogP contribution is -2.44. The van der Waals surface area contributed by atoms with Crippen molar-refractivity contribution >= 4 is 23.3 Å². The number of carbonyl (C=O) groups excluding carboxylic acids is 2. The van der Waals surface area contributed by atoms with Gasteiger partial charge in [0.2, 0.25) is 5.91 Å². The van der Waals surface area contributed by atoms with E-state index in [1.807, 2.05) is 30.0 Å². The summed E-state index contributed by atoms with van der Waals surface area (Å²) in [5, 5.41) is 5.80. The predicted molar refractivity (Wildman–Crippen MR) is 99.9 cm³/mol. The van der Waals surface area contributed by atoms with Gasteiger partial charge in [-0.25, -0.2) is 4.79 Å². The number of aryl methyl sites for hydroxylation is 1. The van der Waals surface area contributed by atoms with Crippen LogP contribution in [0, 0.1) is 6.92 Å². The van der Waals surface area contributed by atoms with Crippen LogP contribution in [-0.2, 0) is 4.79 Å². The number of benzene rings is 1. The van der Waals surface area contributed by atoms with Gasteiger partial charge in [-0.05, 0) is 63.4 Å². The summed E-state index contributed by atoms with van der Waals surface area (Å²) in [6, 6.07) is 5.84. The van der Waals surface area contributed by atoms with Gasteiger partial charge in [-0.1, -0.05) is 6.07 Å². The maximum absolute atomic E-state index is 12.8. The van der Waals surface area contributed by atoms with Crippen LogP contribution in [0.2, 0.25) is 0 Å². The number of likely N-dealkylation sites (tertiary alicyclic amines) is 2. The van der Waals surface area contributed by atoms with Gasteiger partial charge in [0, 0.05) is 37.4 Å². The van der Waals surface area contributed by atoms with Gasteiger partial charge in [0.15, 0.2) is 0 Å². The molecule has 1 aromatic carbocycles. The Kier molecular flexibility index (Phi) is 5.58. The van der Waals surface area contributed by atoms with Gasteiger partial charge in [-0.2, -0.15) is 0 Å². The van der Waals surface area contributed by atoms with E-state index in [2.05, 4.69) is 15.5 Å². The van der Waals surface area contributed by atoms with Crippen molar-refractivity contribution in [1.29, 1.82) is 0 Å². The third-order valence-electron chi connectivity index (χ3n) is 5.11. The molecule has 0 radical (unpaired) electrons. The molecule has 2 heterocycles. The number of amides is 3. The van der Waals surface area contributed by atoms with Crippen molar-refractivity contribution in [3.63, 3.8) is 0 Å². The van der Waals surface area contributed by atoms with Gasteiger partial charge in [-0.3, -0.25) is 4.79 Å². The molecule has 1 aromatic rings. The fourth-order valence-electron chi connectivity index (χ4n) is 3.78. The number of carbonyl (C=O) groups is 2. The Morgan fingerprint density at radius 1 is 1.12 bits per heavy atom. The summed E-state index contributed by atoms with van der Waals surface area (Å²) in [5.74, 6) is -0.119. The third kappa shape index (κ3) is 4.51. The fourth-order valence-corrected chi connectivity index (χ4v) is 3.78. The Labute approximate surface area is 149 Å². The van der Waals surface area contributed by atoms with E-state index >= 15 is 0 Å². The summed E-state index contributed by atoms with van der Waals surface area (Å²) >= 11 is 0. The number of hydrogen-bond acceptors (Lipinski definition) is 3. The third-order valence-corrected chi connectivity index (χ3v) is 5.11. The highest BCUT2D eigenvalue weighted by molar-refractivity contribution is 5.93. The summed E-state index contributed by atoms with van der Waals surface area (Å²) < 4.78 is 0. The average Bonchev–Trinajstić information content (AvgIpc) is 3.22. The van der Waals surface area contributed by atoms with E-state index < -0.39 is 0 Å². The summed E-state index contributed by atoms with van der Waals surface area (Å²) in [6.45, 7) is 7.55. The first-order valence-electron chi connectivity index (χ1n) is 9.21. The van der Waals surface area contributed by atoms with Crippen LogP contribution in [0.4, 0.5) is 16.2 Å². The Bertz CT molecular complexity index is 640. The number of nitrogens with zero attached hydrogens (tertiary/aromatic N) is 2. The van der Waals surface area contributed by atoms with E-state index in [-0.39, 0.29) is 11.9 Å². The Balaban J connectivity index is 1.65. The Morgan fingerprint density at radius 3 is 2.60 bits per heavy atom. The maximum atomic E-state index is 12.8. The number of anilines is 2. The lowest BCUT2D eigenvalue weighted by molar-refractivity contribution is -0.114. The van der Waals surface area contributed by atoms with Crippen LogP contribution in [-0.4, -0.2) is 54.0 Å². The monoisotopic (exact) mass is 344 g/mol. The quantitative estimate of drug-likeness (QED) is 0.882. The Morgan fingerprint density at radius 2 is 1.88 bits per heavy atom. The summed E-state index contributed by atoms with van der Waals surface area (Å²) in [7, 11) is 0. The zero-order valence-electron chi connectivity index (χ0n) is 15.2. The second-order valence-corrected chi connectivity index (χ2v) is 7.14. The van der Waals surface area contributed by atoms with E-state index in [9.17, 15) is 9.59 Å². The number of rotatable bonds is 4. The van der Waals surface area contributed by atoms with E-state index in [1.54, 1.807) is 0 Å². The van der Waals surface area contributed by atoms with Gasteiger partial charge in [0.1, 0.15) is 0 Å². The second-order valence-electron chi connectivity index (χ2n) is 7.14. The first kappa shape index (κ1) is 17.7. The second kappa shape index (κ2) is 7.87. The van der Waals surface area contributed by atoms with Crippen LogP contribution in [0.3, 0.4) is 0 Å². The minimum Gasteiger partial charge on any atom is -0.326 e. The maximum Gasteiger partial charge on any atom is 0.322 e. The highest BCUT2D eigenvalue weighted by atomic mass is 16.2. The molecule has 2 saturated heterocycles. The Hall–Kier alpha value is -2.08. The number of urea groups is 1. The molecule has 25 heavy (non-hydrogen) atoms. The van der Waals surface area contributed by atoms with Crippen molar-refractivity contribution in [1.82, 2.24) is 9.80 Å². The molecule has 6 nitrogen and oxygen atoms in total. The van der Waals surface area contributed by atoms with Gasteiger partial charge in [0.05, 0.1) is 0 Å². The predicted octanol–water partition coefficient (Wildman–Crippen LogP) is 3.05. The van der Waals surface area contributed by atoms with Gasteiger partial charge < -0.3 is 20.4 Å². The average molecular weight is 344 g/mol. The highest BCUT2D eigenvalue weighted by Gasteiger charge is 2.31. The molecule has 2 aliphatic heterocycles. The highest BCUT2D eigenvalue weighted by Crippen LogP contribution is 2.24. The van der Waals surface area contributed by atoms with Gasteiger partial charge in [-0.15, -0.1) is 0 Å². The fraction of sp³-hybridized carbons (Fsp3) is 0.579. The molecule has 2 N–H and O–H groups in total. The van der Waals surface area contributed by atoms with Crippen molar-refractivity contribution < 1.29 is 9.59 Å². The zero-order chi connectivity index (χ0) is 17.8. The molecular formula is C19H28N4O2. The molecule has 1 unspecified atom stereocenters. The smallest absolute Gasteiger partial charge is 0.322 e. The van der Waals surface area contributed by atoms with E-state index in [0.717, 1.165) is 50.3 Å². The van der Waals surface area contributed by atoms with Crippen LogP contribution >= 0.6 is 0 Å². The van der Waals surface area contributed by atoms with Crippen molar-refractivity contribution in [2.75, 3.05) is 36.8 Å². The van der Waals surface area contributed by atoms with Crippen LogP contribution in [0.25, 0.3) is 0 Å². The van der Waals surface area contributed by atoms with Gasteiger partial charge >= 0.3 is 6.03 Å². The zero-order valence-corrected chi connectivity index (χ0v) is 15.2. The van der Waals surface area contributed by atoms with E-state index in [1.165, 1.54) is 19.8 Å². The molecular weight excluding hydrogens is 316 g/mol. The van der Waals surface area contributed by atoms with E-state index in [4.69, 9.17) is 0 Å². The van der Waals surface area contributed by atoms with Crippen molar-refractivity contribution in [3.8, 4) is 0 Å². The molecule has 6 heteroatoms. The van der Waals surface area contributed by atoms with E-state index in [0.29, 0.717) is 11.7 Å². The summed E-state index contributed by atoms with van der Waals surface area (Å²) in [6.07, 6.45) is 4.69. The lowest BCUT2D eigenvalue weighted by atomic mass is 10.1. The molecule has 1 atom stereocenters. The van der Waals surface area contributed by atoms with Crippen LogP contribution < -0.4 is 10.6 Å². The molecule has 2 fully saturated rings. The van der Waals surface area contributed by atoms with Crippen molar-refractivity contribution in [3.05, 3.63) is 23.8 Å². The molecule has 2 aliphatic rings. The van der Waals surface area contributed by atoms with Gasteiger partial charge in [0.25, 0.3) is 0 Å². The number of nitrogens with one attached hydrogen (secondary N) is 2. The minimum atomic E-state index is -0.119. The molecule has 0 aliphatic carbocycles. The molecule has 0 spiro atoms. The standard InChI is InChI=1S/C19H28N4O2/c1-14-7-8-16(20-15(2)24)12-18(14)21-19(25)23-11-5-6-17(23)13-22-9-3-4-10-22/h7-8,12,17H,3-6,9-11,13H2,1-2H3,(H,20,24)(H,21,25). The lowest BCUT2D eigenvalue weighted by Gasteiger charge is -2.29. The first-order chi connectivity index (χ1) is 12.0. The normalized spacial score (nSPS) is 20.7. The largest absolute Gasteiger partial charge is 0.326 e. The summed E-state index contributed by atoms with van der Waals surface area (Å²) in [5.41, 5.74) is 2.43. The molecule has 0 aromatic heterocycles. The van der Waals surface area contributed by atoms with Crippen molar-refractivity contribution in [2.24, 2.45) is 0 Å². The molecule has 3 amide bonds. The molecule has 136 valence electrons. The molecule has 3 rings (SSSR count). The SMILES string of the molecule is CC(=O)Nc1ccc(C)c(NC(=O)N2CCCC2CN2CCCC2)c1. The molecule has 0 bridgehead atoms. The first-order valence-corrected chi connectivity index (χ1v) is 9.21. The van der Waals surface area contributed by atoms with Crippen LogP contribution in [0.5, 0.6) is 0 Å². The van der Waals surface area contributed by atoms with Crippen LogP contribution in [0.15, 0.2) is 18.2 Å². The number of hydrogen-bond donors (Lipinski definition) is 2.